The van der Waals surface area contributed by atoms with Crippen molar-refractivity contribution in [3.05, 3.63) is 24.0 Å². The standard InChI is InChI=1S/C11H16N2O3/c1-4-13(5-2)7-6-10-12-9(8-16-10)11(14)15-3/h6-8H,4-5H2,1-3H3/b7-6+. The van der Waals surface area contributed by atoms with Crippen molar-refractivity contribution >= 4 is 12.0 Å². The first-order valence-electron chi connectivity index (χ1n) is 5.17. The maximum atomic E-state index is 11.1. The van der Waals surface area contributed by atoms with Crippen LogP contribution >= 0.6 is 0 Å². The van der Waals surface area contributed by atoms with Crippen LogP contribution in [0.25, 0.3) is 6.08 Å². The normalized spacial score (nSPS) is 10.7. The van der Waals surface area contributed by atoms with E-state index in [1.807, 2.05) is 6.20 Å². The lowest BCUT2D eigenvalue weighted by molar-refractivity contribution is 0.0594. The van der Waals surface area contributed by atoms with Crippen molar-refractivity contribution in [2.45, 2.75) is 13.8 Å². The van der Waals surface area contributed by atoms with E-state index < -0.39 is 5.97 Å². The Morgan fingerprint density at radius 3 is 2.81 bits per heavy atom. The van der Waals surface area contributed by atoms with Crippen LogP contribution in [0.15, 0.2) is 16.9 Å². The Morgan fingerprint density at radius 2 is 2.25 bits per heavy atom. The van der Waals surface area contributed by atoms with E-state index in [-0.39, 0.29) is 5.69 Å². The van der Waals surface area contributed by atoms with Gasteiger partial charge in [-0.1, -0.05) is 0 Å². The van der Waals surface area contributed by atoms with Crippen LogP contribution in [0.3, 0.4) is 0 Å². The summed E-state index contributed by atoms with van der Waals surface area (Å²) in [6.07, 6.45) is 4.89. The van der Waals surface area contributed by atoms with Gasteiger partial charge in [0, 0.05) is 25.4 Å². The maximum absolute atomic E-state index is 11.1. The van der Waals surface area contributed by atoms with Gasteiger partial charge in [0.05, 0.1) is 7.11 Å². The first-order chi connectivity index (χ1) is 7.71. The van der Waals surface area contributed by atoms with Crippen molar-refractivity contribution in [3.63, 3.8) is 0 Å². The third-order valence-corrected chi connectivity index (χ3v) is 2.16. The average molecular weight is 224 g/mol. The SMILES string of the molecule is CCN(/C=C/c1nc(C(=O)OC)co1)CC. The first-order valence-corrected chi connectivity index (χ1v) is 5.17. The van der Waals surface area contributed by atoms with Crippen molar-refractivity contribution in [3.8, 4) is 0 Å². The zero-order valence-electron chi connectivity index (χ0n) is 9.77. The summed E-state index contributed by atoms with van der Waals surface area (Å²) in [5.41, 5.74) is 0.182. The Kier molecular flexibility index (Phi) is 4.57. The molecule has 1 aromatic heterocycles. The minimum absolute atomic E-state index is 0.182. The molecule has 0 aromatic carbocycles. The molecular formula is C11H16N2O3. The summed E-state index contributed by atoms with van der Waals surface area (Å²) in [5, 5.41) is 0. The molecule has 0 saturated carbocycles. The van der Waals surface area contributed by atoms with E-state index in [4.69, 9.17) is 4.42 Å². The van der Waals surface area contributed by atoms with Crippen LogP contribution in [-0.2, 0) is 4.74 Å². The molecule has 0 radical (unpaired) electrons. The Morgan fingerprint density at radius 1 is 1.56 bits per heavy atom. The van der Waals surface area contributed by atoms with Gasteiger partial charge in [0.15, 0.2) is 5.69 Å². The van der Waals surface area contributed by atoms with E-state index in [2.05, 4.69) is 28.5 Å². The molecule has 5 nitrogen and oxygen atoms in total. The molecule has 1 aromatic rings. The molecule has 0 atom stereocenters. The van der Waals surface area contributed by atoms with Crippen LogP contribution in [0.5, 0.6) is 0 Å². The number of hydrogen-bond donors (Lipinski definition) is 0. The third kappa shape index (κ3) is 3.12. The molecule has 5 heteroatoms. The summed E-state index contributed by atoms with van der Waals surface area (Å²) < 4.78 is 9.62. The van der Waals surface area contributed by atoms with Crippen LogP contribution in [0, 0.1) is 0 Å². The quantitative estimate of drug-likeness (QED) is 0.713. The molecule has 0 aliphatic carbocycles. The number of methoxy groups -OCH3 is 1. The van der Waals surface area contributed by atoms with E-state index in [0.717, 1.165) is 13.1 Å². The molecule has 0 bridgehead atoms. The lowest BCUT2D eigenvalue weighted by Gasteiger charge is -2.13. The van der Waals surface area contributed by atoms with Crippen LogP contribution in [0.1, 0.15) is 30.2 Å². The van der Waals surface area contributed by atoms with Gasteiger partial charge >= 0.3 is 5.97 Å². The Hall–Kier alpha value is -1.78. The zero-order valence-corrected chi connectivity index (χ0v) is 9.77. The largest absolute Gasteiger partial charge is 0.464 e. The molecule has 0 saturated heterocycles. The zero-order chi connectivity index (χ0) is 12.0. The number of carbonyl (C=O) groups is 1. The van der Waals surface area contributed by atoms with E-state index in [1.165, 1.54) is 13.4 Å². The number of rotatable bonds is 5. The van der Waals surface area contributed by atoms with E-state index in [1.54, 1.807) is 6.08 Å². The second-order valence-corrected chi connectivity index (χ2v) is 3.10. The van der Waals surface area contributed by atoms with E-state index in [0.29, 0.717) is 5.89 Å². The van der Waals surface area contributed by atoms with Crippen molar-refractivity contribution < 1.29 is 13.9 Å². The van der Waals surface area contributed by atoms with Gasteiger partial charge < -0.3 is 14.1 Å². The number of nitrogens with zero attached hydrogens (tertiary/aromatic N) is 2. The number of ether oxygens (including phenoxy) is 1. The molecule has 0 unspecified atom stereocenters. The monoisotopic (exact) mass is 224 g/mol. The Labute approximate surface area is 94.7 Å². The summed E-state index contributed by atoms with van der Waals surface area (Å²) in [7, 11) is 1.31. The molecule has 0 amide bonds. The van der Waals surface area contributed by atoms with Crippen LogP contribution in [0.2, 0.25) is 0 Å². The second kappa shape index (κ2) is 5.95. The summed E-state index contributed by atoms with van der Waals surface area (Å²) >= 11 is 0. The minimum Gasteiger partial charge on any atom is -0.464 e. The summed E-state index contributed by atoms with van der Waals surface area (Å²) in [6, 6.07) is 0. The molecule has 0 aliphatic heterocycles. The minimum atomic E-state index is -0.494. The predicted octanol–water partition coefficient (Wildman–Crippen LogP) is 1.77. The van der Waals surface area contributed by atoms with Crippen molar-refractivity contribution in [1.29, 1.82) is 0 Å². The third-order valence-electron chi connectivity index (χ3n) is 2.16. The predicted molar refractivity (Wildman–Crippen MR) is 59.8 cm³/mol. The van der Waals surface area contributed by atoms with Crippen molar-refractivity contribution in [1.82, 2.24) is 9.88 Å². The lowest BCUT2D eigenvalue weighted by atomic mass is 10.5. The number of carbonyl (C=O) groups excluding carboxylic acids is 1. The van der Waals surface area contributed by atoms with Crippen molar-refractivity contribution in [2.24, 2.45) is 0 Å². The topological polar surface area (TPSA) is 55.6 Å². The summed E-state index contributed by atoms with van der Waals surface area (Å²) in [5.74, 6) is -0.0986. The first kappa shape index (κ1) is 12.3. The number of hydrogen-bond acceptors (Lipinski definition) is 5. The Balaban J connectivity index is 2.68. The number of aromatic nitrogens is 1. The average Bonchev–Trinajstić information content (AvgIpc) is 2.78. The smallest absolute Gasteiger partial charge is 0.360 e. The summed E-state index contributed by atoms with van der Waals surface area (Å²) in [4.78, 5) is 17.2. The fraction of sp³-hybridized carbons (Fsp3) is 0.455. The fourth-order valence-corrected chi connectivity index (χ4v) is 1.17. The van der Waals surface area contributed by atoms with Crippen molar-refractivity contribution in [2.75, 3.05) is 20.2 Å². The van der Waals surface area contributed by atoms with Gasteiger partial charge in [0.25, 0.3) is 0 Å². The highest BCUT2D eigenvalue weighted by molar-refractivity contribution is 5.86. The molecule has 0 spiro atoms. The highest BCUT2D eigenvalue weighted by Crippen LogP contribution is 2.05. The fourth-order valence-electron chi connectivity index (χ4n) is 1.17. The molecule has 0 N–H and O–H groups in total. The molecular weight excluding hydrogens is 208 g/mol. The van der Waals surface area contributed by atoms with Gasteiger partial charge in [-0.25, -0.2) is 9.78 Å². The van der Waals surface area contributed by atoms with Gasteiger partial charge in [-0.3, -0.25) is 0 Å². The number of oxazole rings is 1. The second-order valence-electron chi connectivity index (χ2n) is 3.10. The molecule has 0 fully saturated rings. The highest BCUT2D eigenvalue weighted by atomic mass is 16.5. The molecule has 1 rings (SSSR count). The van der Waals surface area contributed by atoms with E-state index in [9.17, 15) is 4.79 Å². The van der Waals surface area contributed by atoms with E-state index >= 15 is 0 Å². The van der Waals surface area contributed by atoms with Gasteiger partial charge in [-0.15, -0.1) is 0 Å². The molecule has 16 heavy (non-hydrogen) atoms. The van der Waals surface area contributed by atoms with Gasteiger partial charge in [0.1, 0.15) is 6.26 Å². The Bertz CT molecular complexity index is 367. The van der Waals surface area contributed by atoms with Crippen LogP contribution < -0.4 is 0 Å². The molecule has 88 valence electrons. The lowest BCUT2D eigenvalue weighted by Crippen LogP contribution is -2.14. The van der Waals surface area contributed by atoms with Crippen LogP contribution in [0.4, 0.5) is 0 Å². The van der Waals surface area contributed by atoms with Gasteiger partial charge in [-0.05, 0) is 13.8 Å². The maximum Gasteiger partial charge on any atom is 0.360 e. The van der Waals surface area contributed by atoms with Gasteiger partial charge in [-0.2, -0.15) is 0 Å². The summed E-state index contributed by atoms with van der Waals surface area (Å²) in [6.45, 7) is 5.95. The number of esters is 1. The van der Waals surface area contributed by atoms with Crippen LogP contribution in [-0.4, -0.2) is 36.1 Å². The van der Waals surface area contributed by atoms with Gasteiger partial charge in [0.2, 0.25) is 5.89 Å². The highest BCUT2D eigenvalue weighted by Gasteiger charge is 2.10. The molecule has 0 aliphatic rings. The molecule has 1 heterocycles.